The molecule has 0 bridgehead atoms. The minimum atomic E-state index is -0.514. The van der Waals surface area contributed by atoms with Crippen molar-refractivity contribution >= 4 is 28.6 Å². The molecule has 7 nitrogen and oxygen atoms in total. The Balaban J connectivity index is 1.36. The highest BCUT2D eigenvalue weighted by Crippen LogP contribution is 2.45. The number of fused-ring (bicyclic) bond motifs is 4. The number of nitrogens with one attached hydrogen (secondary N) is 1. The number of hydrogen-bond acceptors (Lipinski definition) is 5. The van der Waals surface area contributed by atoms with Crippen LogP contribution in [0, 0.1) is 0 Å². The van der Waals surface area contributed by atoms with Gasteiger partial charge in [0.05, 0.1) is 22.0 Å². The zero-order valence-electron chi connectivity index (χ0n) is 21.4. The smallest absolute Gasteiger partial charge is 0.411 e. The second-order valence-electron chi connectivity index (χ2n) is 9.99. The molecule has 1 amide bonds. The maximum atomic E-state index is 13.8. The molecule has 1 aliphatic carbocycles. The Morgan fingerprint density at radius 1 is 1.03 bits per heavy atom. The monoisotopic (exact) mass is 528 g/mol. The van der Waals surface area contributed by atoms with Crippen molar-refractivity contribution in [2.75, 3.05) is 20.1 Å². The summed E-state index contributed by atoms with van der Waals surface area (Å²) in [4.78, 5) is 33.8. The van der Waals surface area contributed by atoms with E-state index in [1.165, 1.54) is 4.90 Å². The van der Waals surface area contributed by atoms with Crippen molar-refractivity contribution < 1.29 is 9.53 Å². The molecule has 1 fully saturated rings. The van der Waals surface area contributed by atoms with Gasteiger partial charge >= 0.3 is 6.09 Å². The number of carbonyl (C=O) groups excluding carboxylic acids is 1. The van der Waals surface area contributed by atoms with Crippen LogP contribution in [0.1, 0.15) is 54.9 Å². The molecule has 1 N–H and O–H groups in total. The van der Waals surface area contributed by atoms with E-state index in [0.29, 0.717) is 21.7 Å². The Morgan fingerprint density at radius 2 is 1.66 bits per heavy atom. The van der Waals surface area contributed by atoms with Gasteiger partial charge in [-0.3, -0.25) is 9.36 Å². The summed E-state index contributed by atoms with van der Waals surface area (Å²) in [5.41, 5.74) is 4.43. The Labute approximate surface area is 226 Å². The maximum Gasteiger partial charge on any atom is 0.411 e. The molecule has 1 atom stereocenters. The van der Waals surface area contributed by atoms with Gasteiger partial charge in [-0.15, -0.1) is 0 Å². The molecule has 0 saturated carbocycles. The van der Waals surface area contributed by atoms with Crippen LogP contribution in [0.2, 0.25) is 5.02 Å². The minimum absolute atomic E-state index is 0.0348. The van der Waals surface area contributed by atoms with Gasteiger partial charge in [-0.25, -0.2) is 9.78 Å². The number of carbonyl (C=O) groups is 1. The summed E-state index contributed by atoms with van der Waals surface area (Å²) in [6.07, 6.45) is 0.605. The van der Waals surface area contributed by atoms with Crippen LogP contribution in [0.25, 0.3) is 22.0 Å². The molecule has 1 saturated heterocycles. The lowest BCUT2D eigenvalue weighted by atomic mass is 10.0. The molecule has 1 aromatic heterocycles. The zero-order valence-corrected chi connectivity index (χ0v) is 22.1. The van der Waals surface area contributed by atoms with E-state index in [1.807, 2.05) is 43.3 Å². The number of benzene rings is 3. The molecule has 38 heavy (non-hydrogen) atoms. The number of rotatable bonds is 4. The molecule has 1 aliphatic heterocycles. The van der Waals surface area contributed by atoms with Gasteiger partial charge in [0.1, 0.15) is 5.82 Å². The van der Waals surface area contributed by atoms with Crippen molar-refractivity contribution in [1.29, 1.82) is 0 Å². The van der Waals surface area contributed by atoms with Gasteiger partial charge in [0, 0.05) is 24.2 Å². The van der Waals surface area contributed by atoms with E-state index in [2.05, 4.69) is 17.4 Å². The lowest BCUT2D eigenvalue weighted by molar-refractivity contribution is 0.0741. The van der Waals surface area contributed by atoms with E-state index < -0.39 is 18.2 Å². The number of halogens is 1. The number of ether oxygens (including phenoxy) is 1. The van der Waals surface area contributed by atoms with Gasteiger partial charge < -0.3 is 15.0 Å². The van der Waals surface area contributed by atoms with Crippen LogP contribution >= 0.6 is 11.6 Å². The van der Waals surface area contributed by atoms with E-state index >= 15 is 0 Å². The standard InChI is InChI=1S/C30H29ClN4O3/c1-18(28-33-25-13-7-12-24(31)26(25)29(36)35(28)19-14-16-32-17-15-19)34(2)30(37)38-27-22-10-5-3-8-20(22)21-9-4-6-11-23(21)27/h3-13,18-19,27,32H,14-17H2,1-2H3/t18-/m0/s1. The topological polar surface area (TPSA) is 76.5 Å². The Bertz CT molecular complexity index is 1550. The van der Waals surface area contributed by atoms with Crippen LogP contribution in [-0.4, -0.2) is 40.7 Å². The molecule has 6 rings (SSSR count). The van der Waals surface area contributed by atoms with Gasteiger partial charge in [-0.2, -0.15) is 0 Å². The van der Waals surface area contributed by atoms with E-state index in [1.54, 1.807) is 29.8 Å². The Hall–Kier alpha value is -3.68. The highest BCUT2D eigenvalue weighted by Gasteiger charge is 2.34. The molecule has 2 aliphatic rings. The lowest BCUT2D eigenvalue weighted by Crippen LogP contribution is -2.40. The van der Waals surface area contributed by atoms with Crippen molar-refractivity contribution in [3.8, 4) is 11.1 Å². The minimum Gasteiger partial charge on any atom is -0.436 e. The number of hydrogen-bond donors (Lipinski definition) is 1. The van der Waals surface area contributed by atoms with Crippen molar-refractivity contribution in [2.24, 2.45) is 0 Å². The van der Waals surface area contributed by atoms with Gasteiger partial charge in [0.2, 0.25) is 0 Å². The van der Waals surface area contributed by atoms with Crippen molar-refractivity contribution in [3.05, 3.63) is 99.1 Å². The van der Waals surface area contributed by atoms with Gasteiger partial charge in [0.15, 0.2) is 6.10 Å². The largest absolute Gasteiger partial charge is 0.436 e. The first-order chi connectivity index (χ1) is 18.5. The second-order valence-corrected chi connectivity index (χ2v) is 10.4. The molecule has 3 aromatic carbocycles. The molecule has 194 valence electrons. The second kappa shape index (κ2) is 9.89. The van der Waals surface area contributed by atoms with Crippen LogP contribution in [-0.2, 0) is 4.74 Å². The van der Waals surface area contributed by atoms with Crippen molar-refractivity contribution in [1.82, 2.24) is 19.8 Å². The summed E-state index contributed by atoms with van der Waals surface area (Å²) in [6.45, 7) is 3.50. The zero-order chi connectivity index (χ0) is 26.4. The summed E-state index contributed by atoms with van der Waals surface area (Å²) in [5, 5.41) is 4.15. The normalized spacial score (nSPS) is 16.2. The van der Waals surface area contributed by atoms with E-state index in [-0.39, 0.29) is 11.6 Å². The predicted octanol–water partition coefficient (Wildman–Crippen LogP) is 5.87. The highest BCUT2D eigenvalue weighted by molar-refractivity contribution is 6.35. The molecular weight excluding hydrogens is 500 g/mol. The molecule has 2 heterocycles. The quantitative estimate of drug-likeness (QED) is 0.358. The van der Waals surface area contributed by atoms with Crippen molar-refractivity contribution in [3.63, 3.8) is 0 Å². The first kappa shape index (κ1) is 24.6. The first-order valence-electron chi connectivity index (χ1n) is 13.0. The third-order valence-electron chi connectivity index (χ3n) is 7.82. The number of amides is 1. The van der Waals surface area contributed by atoms with Gasteiger partial charge in [-0.05, 0) is 56.1 Å². The van der Waals surface area contributed by atoms with Crippen molar-refractivity contribution in [2.45, 2.75) is 38.0 Å². The average molecular weight is 529 g/mol. The fraction of sp³-hybridized carbons (Fsp3) is 0.300. The van der Waals surface area contributed by atoms with Crippen LogP contribution in [0.4, 0.5) is 4.79 Å². The predicted molar refractivity (Wildman–Crippen MR) is 149 cm³/mol. The molecule has 0 radical (unpaired) electrons. The third-order valence-corrected chi connectivity index (χ3v) is 8.13. The van der Waals surface area contributed by atoms with Crippen LogP contribution in [0.5, 0.6) is 0 Å². The van der Waals surface area contributed by atoms with Crippen LogP contribution < -0.4 is 10.9 Å². The lowest BCUT2D eigenvalue weighted by Gasteiger charge is -2.32. The Kier molecular flexibility index (Phi) is 6.41. The number of nitrogens with zero attached hydrogens (tertiary/aromatic N) is 3. The summed E-state index contributed by atoms with van der Waals surface area (Å²) < 4.78 is 7.89. The average Bonchev–Trinajstić information content (AvgIpc) is 3.26. The number of aromatic nitrogens is 2. The molecule has 0 spiro atoms. The van der Waals surface area contributed by atoms with Crippen LogP contribution in [0.3, 0.4) is 0 Å². The van der Waals surface area contributed by atoms with Gasteiger partial charge in [-0.1, -0.05) is 66.2 Å². The molecular formula is C30H29ClN4O3. The van der Waals surface area contributed by atoms with Gasteiger partial charge in [0.25, 0.3) is 5.56 Å². The highest BCUT2D eigenvalue weighted by atomic mass is 35.5. The molecule has 4 aromatic rings. The maximum absolute atomic E-state index is 13.8. The summed E-state index contributed by atoms with van der Waals surface area (Å²) in [7, 11) is 1.70. The summed E-state index contributed by atoms with van der Waals surface area (Å²) in [6, 6.07) is 20.7. The third kappa shape index (κ3) is 4.06. The Morgan fingerprint density at radius 3 is 2.32 bits per heavy atom. The first-order valence-corrected chi connectivity index (χ1v) is 13.4. The fourth-order valence-electron chi connectivity index (χ4n) is 5.68. The number of piperidine rings is 1. The fourth-order valence-corrected chi connectivity index (χ4v) is 5.93. The summed E-state index contributed by atoms with van der Waals surface area (Å²) >= 11 is 6.45. The molecule has 0 unspecified atom stereocenters. The summed E-state index contributed by atoms with van der Waals surface area (Å²) in [5.74, 6) is 0.531. The van der Waals surface area contributed by atoms with E-state index in [0.717, 1.165) is 48.2 Å². The van der Waals surface area contributed by atoms with E-state index in [9.17, 15) is 9.59 Å². The van der Waals surface area contributed by atoms with Crippen LogP contribution in [0.15, 0.2) is 71.5 Å². The SMILES string of the molecule is C[C@@H](c1nc2cccc(Cl)c2c(=O)n1C1CCNCC1)N(C)C(=O)OC1c2ccccc2-c2ccccc21. The molecule has 8 heteroatoms. The van der Waals surface area contributed by atoms with E-state index in [4.69, 9.17) is 21.3 Å².